The predicted molar refractivity (Wildman–Crippen MR) is 122 cm³/mol. The molecule has 0 aliphatic heterocycles. The van der Waals surface area contributed by atoms with E-state index >= 15 is 0 Å². The molecular weight excluding hydrogens is 435 g/mol. The largest absolute Gasteiger partial charge is 0.416 e. The number of thioether (sulfide) groups is 1. The van der Waals surface area contributed by atoms with Crippen LogP contribution in [0.5, 0.6) is 0 Å². The van der Waals surface area contributed by atoms with E-state index in [1.807, 2.05) is 50.5 Å². The summed E-state index contributed by atoms with van der Waals surface area (Å²) in [4.78, 5) is 18.2. The quantitative estimate of drug-likeness (QED) is 0.259. The first-order valence-electron chi connectivity index (χ1n) is 10.2. The lowest BCUT2D eigenvalue weighted by Crippen LogP contribution is -2.24. The molecule has 0 radical (unpaired) electrons. The number of benzene rings is 2. The first kappa shape index (κ1) is 22.2. The number of hydrogen-bond donors (Lipinski definition) is 0. The average Bonchev–Trinajstić information content (AvgIpc) is 3.11. The molecule has 4 aromatic rings. The summed E-state index contributed by atoms with van der Waals surface area (Å²) in [5.41, 5.74) is 2.62. The Bertz CT molecular complexity index is 1310. The summed E-state index contributed by atoms with van der Waals surface area (Å²) >= 11 is 1.28. The molecular formula is C24H22F3N3OS. The van der Waals surface area contributed by atoms with Crippen molar-refractivity contribution >= 4 is 22.8 Å². The van der Waals surface area contributed by atoms with Gasteiger partial charge in [0.05, 0.1) is 5.56 Å². The van der Waals surface area contributed by atoms with Gasteiger partial charge in [0.25, 0.3) is 5.56 Å². The van der Waals surface area contributed by atoms with E-state index in [1.165, 1.54) is 17.8 Å². The summed E-state index contributed by atoms with van der Waals surface area (Å²) in [6.45, 7) is 2.46. The minimum atomic E-state index is -4.39. The molecule has 2 aromatic heterocycles. The Morgan fingerprint density at radius 2 is 1.81 bits per heavy atom. The summed E-state index contributed by atoms with van der Waals surface area (Å²) in [6, 6.07) is 15.0. The van der Waals surface area contributed by atoms with Crippen molar-refractivity contribution in [2.45, 2.75) is 37.0 Å². The van der Waals surface area contributed by atoms with Crippen molar-refractivity contribution in [2.24, 2.45) is 7.05 Å². The number of aryl methyl sites for hydroxylation is 1. The van der Waals surface area contributed by atoms with E-state index in [-0.39, 0.29) is 11.3 Å². The molecule has 0 aliphatic carbocycles. The lowest BCUT2D eigenvalue weighted by molar-refractivity contribution is -0.137. The first-order chi connectivity index (χ1) is 15.3. The molecule has 0 aliphatic rings. The van der Waals surface area contributed by atoms with Gasteiger partial charge >= 0.3 is 6.18 Å². The first-order valence-corrected chi connectivity index (χ1v) is 11.2. The van der Waals surface area contributed by atoms with Crippen molar-refractivity contribution in [1.82, 2.24) is 14.1 Å². The fourth-order valence-electron chi connectivity index (χ4n) is 3.70. The van der Waals surface area contributed by atoms with Crippen LogP contribution in [0.2, 0.25) is 0 Å². The topological polar surface area (TPSA) is 39.8 Å². The second-order valence-corrected chi connectivity index (χ2v) is 8.50. The molecule has 0 bridgehead atoms. The molecule has 0 amide bonds. The predicted octanol–water partition coefficient (Wildman–Crippen LogP) is 6.12. The number of nitrogens with zero attached hydrogens (tertiary/aromatic N) is 3. The van der Waals surface area contributed by atoms with E-state index in [1.54, 1.807) is 15.2 Å². The van der Waals surface area contributed by atoms with E-state index in [4.69, 9.17) is 4.98 Å². The van der Waals surface area contributed by atoms with E-state index in [9.17, 15) is 18.0 Å². The Hall–Kier alpha value is -3.00. The maximum Gasteiger partial charge on any atom is 0.416 e. The van der Waals surface area contributed by atoms with Crippen LogP contribution in [-0.2, 0) is 25.5 Å². The maximum absolute atomic E-state index is 13.3. The zero-order valence-electron chi connectivity index (χ0n) is 17.7. The third kappa shape index (κ3) is 4.32. The van der Waals surface area contributed by atoms with Gasteiger partial charge in [-0.2, -0.15) is 13.2 Å². The summed E-state index contributed by atoms with van der Waals surface area (Å²) in [5, 5.41) is 0.505. The Morgan fingerprint density at radius 3 is 2.50 bits per heavy atom. The SMILES string of the molecule is CCCn1c(SCc2cccc(C(F)(F)F)c2)nc2c(-c3ccccc3)cn(C)c2c1=O. The van der Waals surface area contributed by atoms with Gasteiger partial charge in [-0.25, -0.2) is 4.98 Å². The molecule has 4 nitrogen and oxygen atoms in total. The zero-order valence-corrected chi connectivity index (χ0v) is 18.5. The highest BCUT2D eigenvalue weighted by Crippen LogP contribution is 2.32. The summed E-state index contributed by atoms with van der Waals surface area (Å²) < 4.78 is 42.6. The van der Waals surface area contributed by atoms with Crippen LogP contribution in [0.25, 0.3) is 22.2 Å². The van der Waals surface area contributed by atoms with Crippen LogP contribution in [0, 0.1) is 0 Å². The lowest BCUT2D eigenvalue weighted by Gasteiger charge is -2.13. The molecule has 4 rings (SSSR count). The minimum absolute atomic E-state index is 0.145. The van der Waals surface area contributed by atoms with Crippen molar-refractivity contribution in [1.29, 1.82) is 0 Å². The molecule has 32 heavy (non-hydrogen) atoms. The maximum atomic E-state index is 13.3. The van der Waals surface area contributed by atoms with Crippen molar-refractivity contribution in [3.05, 3.63) is 82.3 Å². The van der Waals surface area contributed by atoms with Crippen molar-refractivity contribution in [3.63, 3.8) is 0 Å². The molecule has 8 heteroatoms. The van der Waals surface area contributed by atoms with Gasteiger partial charge in [-0.3, -0.25) is 9.36 Å². The molecule has 166 valence electrons. The number of halogens is 3. The van der Waals surface area contributed by atoms with E-state index < -0.39 is 11.7 Å². The monoisotopic (exact) mass is 457 g/mol. The fourth-order valence-corrected chi connectivity index (χ4v) is 4.66. The second-order valence-electron chi connectivity index (χ2n) is 7.55. The Morgan fingerprint density at radius 1 is 1.06 bits per heavy atom. The number of fused-ring (bicyclic) bond motifs is 1. The number of rotatable bonds is 6. The highest BCUT2D eigenvalue weighted by atomic mass is 32.2. The second kappa shape index (κ2) is 8.86. The molecule has 0 N–H and O–H groups in total. The summed E-state index contributed by atoms with van der Waals surface area (Å²) in [5.74, 6) is 0.277. The van der Waals surface area contributed by atoms with Gasteiger partial charge in [0.2, 0.25) is 0 Å². The van der Waals surface area contributed by atoms with Gasteiger partial charge in [0, 0.05) is 31.1 Å². The van der Waals surface area contributed by atoms with E-state index in [2.05, 4.69) is 0 Å². The highest BCUT2D eigenvalue weighted by molar-refractivity contribution is 7.98. The standard InChI is InChI=1S/C24H22F3N3OS/c1-3-12-30-22(31)21-20(19(14-29(21)2)17-9-5-4-6-10-17)28-23(30)32-15-16-8-7-11-18(13-16)24(25,26)27/h4-11,13-14H,3,12,15H2,1-2H3. The summed E-state index contributed by atoms with van der Waals surface area (Å²) in [7, 11) is 1.82. The molecule has 0 unspecified atom stereocenters. The van der Waals surface area contributed by atoms with Crippen molar-refractivity contribution in [3.8, 4) is 11.1 Å². The van der Waals surface area contributed by atoms with Gasteiger partial charge in [0.15, 0.2) is 5.16 Å². The van der Waals surface area contributed by atoms with Crippen LogP contribution in [0.4, 0.5) is 13.2 Å². The molecule has 0 saturated carbocycles. The Balaban J connectivity index is 1.78. The average molecular weight is 458 g/mol. The molecule has 0 spiro atoms. The van der Waals surface area contributed by atoms with Gasteiger partial charge in [-0.1, -0.05) is 67.2 Å². The third-order valence-electron chi connectivity index (χ3n) is 5.20. The van der Waals surface area contributed by atoms with Gasteiger partial charge in [-0.05, 0) is 23.6 Å². The lowest BCUT2D eigenvalue weighted by atomic mass is 10.1. The van der Waals surface area contributed by atoms with Crippen LogP contribution in [0.3, 0.4) is 0 Å². The van der Waals surface area contributed by atoms with Crippen molar-refractivity contribution < 1.29 is 13.2 Å². The molecule has 2 aromatic carbocycles. The Kier molecular flexibility index (Phi) is 6.15. The van der Waals surface area contributed by atoms with Gasteiger partial charge in [-0.15, -0.1) is 0 Å². The number of hydrogen-bond acceptors (Lipinski definition) is 3. The Labute approximate surface area is 187 Å². The zero-order chi connectivity index (χ0) is 22.9. The van der Waals surface area contributed by atoms with Crippen molar-refractivity contribution in [2.75, 3.05) is 0 Å². The molecule has 0 fully saturated rings. The molecule has 0 saturated heterocycles. The van der Waals surface area contributed by atoms with Crippen LogP contribution in [0.1, 0.15) is 24.5 Å². The van der Waals surface area contributed by atoms with E-state index in [0.29, 0.717) is 28.3 Å². The minimum Gasteiger partial charge on any atom is -0.344 e. The van der Waals surface area contributed by atoms with Crippen LogP contribution >= 0.6 is 11.8 Å². The summed E-state index contributed by atoms with van der Waals surface area (Å²) in [6.07, 6.45) is -1.76. The van der Waals surface area contributed by atoms with Crippen LogP contribution < -0.4 is 5.56 Å². The van der Waals surface area contributed by atoms with Crippen LogP contribution in [-0.4, -0.2) is 14.1 Å². The normalized spacial score (nSPS) is 11.9. The van der Waals surface area contributed by atoms with Gasteiger partial charge in [0.1, 0.15) is 11.0 Å². The fraction of sp³-hybridized carbons (Fsp3) is 0.250. The van der Waals surface area contributed by atoms with Crippen LogP contribution in [0.15, 0.2) is 70.7 Å². The van der Waals surface area contributed by atoms with Gasteiger partial charge < -0.3 is 4.57 Å². The molecule has 0 atom stereocenters. The highest BCUT2D eigenvalue weighted by Gasteiger charge is 2.30. The molecule has 2 heterocycles. The smallest absolute Gasteiger partial charge is 0.344 e. The third-order valence-corrected chi connectivity index (χ3v) is 6.24. The van der Waals surface area contributed by atoms with E-state index in [0.717, 1.165) is 29.7 Å². The number of alkyl halides is 3. The number of aromatic nitrogens is 3.